The summed E-state index contributed by atoms with van der Waals surface area (Å²) < 4.78 is 32.6. The van der Waals surface area contributed by atoms with Crippen molar-refractivity contribution in [1.82, 2.24) is 4.57 Å². The topological polar surface area (TPSA) is 76.3 Å². The summed E-state index contributed by atoms with van der Waals surface area (Å²) in [6.45, 7) is 0. The van der Waals surface area contributed by atoms with Gasteiger partial charge in [0.1, 0.15) is 11.6 Å². The summed E-state index contributed by atoms with van der Waals surface area (Å²) in [6, 6.07) is 6.74. The molecule has 0 radical (unpaired) electrons. The van der Waals surface area contributed by atoms with E-state index in [-0.39, 0.29) is 5.69 Å². The molecule has 0 atom stereocenters. The molecule has 0 bridgehead atoms. The van der Waals surface area contributed by atoms with Crippen LogP contribution in [0.4, 0.5) is 25.0 Å². The molecular weight excluding hydrogens is 308 g/mol. The molecule has 8 heteroatoms. The summed E-state index contributed by atoms with van der Waals surface area (Å²) >= 11 is 0. The van der Waals surface area contributed by atoms with E-state index in [2.05, 4.69) is 10.6 Å². The Hall–Kier alpha value is -3.16. The van der Waals surface area contributed by atoms with Gasteiger partial charge in [-0.2, -0.15) is 0 Å². The number of hydrogen-bond donors (Lipinski definition) is 2. The van der Waals surface area contributed by atoms with Gasteiger partial charge in [0.2, 0.25) is 0 Å². The molecule has 1 heterocycles. The Bertz CT molecular complexity index is 962. The second-order valence-electron chi connectivity index (χ2n) is 4.81. The maximum atomic E-state index is 13.5. The molecule has 0 aliphatic heterocycles. The number of carbonyl (C=O) groups is 1. The van der Waals surface area contributed by atoms with E-state index in [0.29, 0.717) is 22.9 Å². The van der Waals surface area contributed by atoms with Gasteiger partial charge >= 0.3 is 11.8 Å². The minimum Gasteiger partial charge on any atom is -0.408 e. The fourth-order valence-electron chi connectivity index (χ4n) is 2.09. The second kappa shape index (κ2) is 5.56. The smallest absolute Gasteiger partial charge is 0.408 e. The number of amides is 2. The molecule has 0 spiro atoms. The lowest BCUT2D eigenvalue weighted by Gasteiger charge is -2.08. The summed E-state index contributed by atoms with van der Waals surface area (Å²) in [7, 11) is 1.56. The van der Waals surface area contributed by atoms with Crippen LogP contribution in [0.3, 0.4) is 0 Å². The summed E-state index contributed by atoms with van der Waals surface area (Å²) in [5.74, 6) is -2.14. The van der Waals surface area contributed by atoms with Gasteiger partial charge < -0.3 is 15.1 Å². The highest BCUT2D eigenvalue weighted by Gasteiger charge is 2.10. The molecule has 2 N–H and O–H groups in total. The number of carbonyl (C=O) groups excluding carboxylic acids is 1. The Morgan fingerprint density at radius 3 is 2.65 bits per heavy atom. The number of nitrogens with one attached hydrogen (secondary N) is 2. The average molecular weight is 319 g/mol. The number of halogens is 2. The molecule has 3 rings (SSSR count). The van der Waals surface area contributed by atoms with Gasteiger partial charge in [0.15, 0.2) is 5.58 Å². The van der Waals surface area contributed by atoms with Crippen LogP contribution in [0.1, 0.15) is 0 Å². The maximum Gasteiger partial charge on any atom is 0.419 e. The van der Waals surface area contributed by atoms with E-state index in [9.17, 15) is 18.4 Å². The Balaban J connectivity index is 1.78. The zero-order chi connectivity index (χ0) is 16.6. The Kier molecular flexibility index (Phi) is 3.57. The Labute approximate surface area is 128 Å². The third-order valence-corrected chi connectivity index (χ3v) is 3.23. The van der Waals surface area contributed by atoms with Crippen molar-refractivity contribution in [2.24, 2.45) is 7.05 Å². The third kappa shape index (κ3) is 2.91. The highest BCUT2D eigenvalue weighted by atomic mass is 19.1. The largest absolute Gasteiger partial charge is 0.419 e. The number of hydrogen-bond acceptors (Lipinski definition) is 3. The van der Waals surface area contributed by atoms with Crippen molar-refractivity contribution < 1.29 is 18.0 Å². The van der Waals surface area contributed by atoms with Crippen LogP contribution < -0.4 is 16.4 Å². The quantitative estimate of drug-likeness (QED) is 0.762. The predicted molar refractivity (Wildman–Crippen MR) is 80.5 cm³/mol. The number of aromatic nitrogens is 1. The van der Waals surface area contributed by atoms with Crippen molar-refractivity contribution in [3.63, 3.8) is 0 Å². The van der Waals surface area contributed by atoms with Gasteiger partial charge in [-0.15, -0.1) is 0 Å². The molecule has 23 heavy (non-hydrogen) atoms. The Morgan fingerprint density at radius 2 is 1.91 bits per heavy atom. The molecule has 3 aromatic rings. The number of oxazole rings is 1. The summed E-state index contributed by atoms with van der Waals surface area (Å²) in [4.78, 5) is 23.2. The van der Waals surface area contributed by atoms with Crippen LogP contribution >= 0.6 is 0 Å². The number of urea groups is 1. The van der Waals surface area contributed by atoms with Crippen molar-refractivity contribution in [2.75, 3.05) is 10.6 Å². The van der Waals surface area contributed by atoms with Crippen LogP contribution in [0.15, 0.2) is 45.6 Å². The van der Waals surface area contributed by atoms with E-state index in [1.165, 1.54) is 10.6 Å². The van der Waals surface area contributed by atoms with Crippen molar-refractivity contribution in [3.05, 3.63) is 58.6 Å². The van der Waals surface area contributed by atoms with Crippen molar-refractivity contribution in [2.45, 2.75) is 0 Å². The molecule has 0 aliphatic carbocycles. The van der Waals surface area contributed by atoms with Crippen LogP contribution in [-0.2, 0) is 7.05 Å². The summed E-state index contributed by atoms with van der Waals surface area (Å²) in [6.07, 6.45) is 0. The van der Waals surface area contributed by atoms with E-state index in [4.69, 9.17) is 4.42 Å². The van der Waals surface area contributed by atoms with Crippen LogP contribution in [0.25, 0.3) is 11.1 Å². The first kappa shape index (κ1) is 14.8. The van der Waals surface area contributed by atoms with Crippen molar-refractivity contribution >= 4 is 28.5 Å². The van der Waals surface area contributed by atoms with Gasteiger partial charge in [0.25, 0.3) is 0 Å². The first-order valence-corrected chi connectivity index (χ1v) is 6.56. The second-order valence-corrected chi connectivity index (χ2v) is 4.81. The summed E-state index contributed by atoms with van der Waals surface area (Å²) in [5.41, 5.74) is 1.08. The molecule has 0 fully saturated rings. The van der Waals surface area contributed by atoms with E-state index in [0.717, 1.165) is 12.1 Å². The maximum absolute atomic E-state index is 13.5. The summed E-state index contributed by atoms with van der Waals surface area (Å²) in [5, 5.41) is 4.73. The molecule has 0 unspecified atom stereocenters. The molecule has 2 amide bonds. The van der Waals surface area contributed by atoms with Crippen LogP contribution in [-0.4, -0.2) is 10.6 Å². The van der Waals surface area contributed by atoms with Gasteiger partial charge in [-0.05, 0) is 24.3 Å². The monoisotopic (exact) mass is 319 g/mol. The molecule has 118 valence electrons. The minimum absolute atomic E-state index is 0.156. The van der Waals surface area contributed by atoms with Crippen LogP contribution in [0.2, 0.25) is 0 Å². The number of rotatable bonds is 2. The van der Waals surface area contributed by atoms with Crippen molar-refractivity contribution in [3.8, 4) is 0 Å². The van der Waals surface area contributed by atoms with E-state index >= 15 is 0 Å². The molecule has 0 aliphatic rings. The molecule has 0 saturated carbocycles. The number of fused-ring (bicyclic) bond motifs is 1. The predicted octanol–water partition coefficient (Wildman–Crippen LogP) is 3.05. The first-order chi connectivity index (χ1) is 10.9. The first-order valence-electron chi connectivity index (χ1n) is 6.56. The van der Waals surface area contributed by atoms with E-state index < -0.39 is 23.4 Å². The van der Waals surface area contributed by atoms with Gasteiger partial charge in [-0.3, -0.25) is 4.57 Å². The normalized spacial score (nSPS) is 10.7. The number of aryl methyl sites for hydroxylation is 1. The third-order valence-electron chi connectivity index (χ3n) is 3.23. The molecule has 0 saturated heterocycles. The highest BCUT2D eigenvalue weighted by molar-refractivity contribution is 6.00. The van der Waals surface area contributed by atoms with Gasteiger partial charge in [0.05, 0.1) is 11.2 Å². The molecule has 2 aromatic carbocycles. The van der Waals surface area contributed by atoms with Crippen LogP contribution in [0.5, 0.6) is 0 Å². The van der Waals surface area contributed by atoms with Gasteiger partial charge in [0, 0.05) is 24.9 Å². The number of benzene rings is 2. The van der Waals surface area contributed by atoms with Crippen LogP contribution in [0, 0.1) is 11.6 Å². The molecule has 1 aromatic heterocycles. The van der Waals surface area contributed by atoms with Crippen molar-refractivity contribution in [1.29, 1.82) is 0 Å². The zero-order valence-corrected chi connectivity index (χ0v) is 11.9. The lowest BCUT2D eigenvalue weighted by atomic mass is 10.3. The van der Waals surface area contributed by atoms with Gasteiger partial charge in [-0.1, -0.05) is 0 Å². The number of nitrogens with zero attached hydrogens (tertiary/aromatic N) is 1. The van der Waals surface area contributed by atoms with E-state index in [1.807, 2.05) is 0 Å². The standard InChI is InChI=1S/C15H11F2N3O3/c1-20-12-5-3-9(7-13(12)23-15(20)22)18-14(21)19-11-4-2-8(16)6-10(11)17/h2-7H,1H3,(H2,18,19,21). The highest BCUT2D eigenvalue weighted by Crippen LogP contribution is 2.19. The van der Waals surface area contributed by atoms with E-state index in [1.54, 1.807) is 19.2 Å². The Morgan fingerprint density at radius 1 is 1.13 bits per heavy atom. The zero-order valence-electron chi connectivity index (χ0n) is 11.9. The molecular formula is C15H11F2N3O3. The minimum atomic E-state index is -0.885. The fraction of sp³-hybridized carbons (Fsp3) is 0.0667. The van der Waals surface area contributed by atoms with Gasteiger partial charge in [-0.25, -0.2) is 18.4 Å². The lowest BCUT2D eigenvalue weighted by Crippen LogP contribution is -2.20. The molecule has 6 nitrogen and oxygen atoms in total. The number of anilines is 2. The fourth-order valence-corrected chi connectivity index (χ4v) is 2.09. The SMILES string of the molecule is Cn1c(=O)oc2cc(NC(=O)Nc3ccc(F)cc3F)ccc21. The lowest BCUT2D eigenvalue weighted by molar-refractivity contribution is 0.262. The average Bonchev–Trinajstić information content (AvgIpc) is 2.77.